The SMILES string of the molecule is CCCCCCC(=O)N(Cc1nc(C(=O)NC2CC2)co1)C1CC1. The second-order valence-electron chi connectivity index (χ2n) is 6.94. The summed E-state index contributed by atoms with van der Waals surface area (Å²) in [5.41, 5.74) is 0.308. The summed E-state index contributed by atoms with van der Waals surface area (Å²) in [5, 5.41) is 2.89. The first-order chi connectivity index (χ1) is 11.7. The van der Waals surface area contributed by atoms with Gasteiger partial charge in [0.05, 0.1) is 6.54 Å². The summed E-state index contributed by atoms with van der Waals surface area (Å²) in [4.78, 5) is 30.6. The summed E-state index contributed by atoms with van der Waals surface area (Å²) in [6.07, 6.45) is 10.6. The first-order valence-corrected chi connectivity index (χ1v) is 9.22. The first-order valence-electron chi connectivity index (χ1n) is 9.22. The van der Waals surface area contributed by atoms with E-state index in [1.165, 1.54) is 19.1 Å². The van der Waals surface area contributed by atoms with Crippen molar-refractivity contribution in [1.29, 1.82) is 0 Å². The van der Waals surface area contributed by atoms with Crippen molar-refractivity contribution in [3.05, 3.63) is 17.8 Å². The molecule has 6 heteroatoms. The molecule has 0 radical (unpaired) electrons. The van der Waals surface area contributed by atoms with Crippen LogP contribution in [-0.2, 0) is 11.3 Å². The number of nitrogens with one attached hydrogen (secondary N) is 1. The van der Waals surface area contributed by atoms with Gasteiger partial charge >= 0.3 is 0 Å². The Balaban J connectivity index is 1.52. The third-order valence-electron chi connectivity index (χ3n) is 4.55. The molecular weight excluding hydrogens is 306 g/mol. The first kappa shape index (κ1) is 17.0. The molecule has 2 aliphatic carbocycles. The highest BCUT2D eigenvalue weighted by Gasteiger charge is 2.33. The molecule has 3 rings (SSSR count). The smallest absolute Gasteiger partial charge is 0.273 e. The second kappa shape index (κ2) is 7.81. The van der Waals surface area contributed by atoms with Gasteiger partial charge in [-0.05, 0) is 32.1 Å². The molecule has 0 spiro atoms. The maximum atomic E-state index is 12.5. The second-order valence-corrected chi connectivity index (χ2v) is 6.94. The molecular formula is C18H27N3O3. The number of rotatable bonds is 10. The number of oxazole rings is 1. The lowest BCUT2D eigenvalue weighted by atomic mass is 10.1. The van der Waals surface area contributed by atoms with E-state index in [2.05, 4.69) is 17.2 Å². The standard InChI is InChI=1S/C18H27N3O3/c1-2-3-4-5-6-17(22)21(14-9-10-14)11-16-20-15(12-24-16)18(23)19-13-7-8-13/h12-14H,2-11H2,1H3,(H,19,23). The molecule has 24 heavy (non-hydrogen) atoms. The zero-order valence-electron chi connectivity index (χ0n) is 14.4. The highest BCUT2D eigenvalue weighted by atomic mass is 16.3. The number of nitrogens with zero attached hydrogens (tertiary/aromatic N) is 2. The maximum Gasteiger partial charge on any atom is 0.273 e. The molecule has 2 aliphatic rings. The molecule has 0 saturated heterocycles. The minimum Gasteiger partial charge on any atom is -0.446 e. The van der Waals surface area contributed by atoms with E-state index in [0.29, 0.717) is 36.6 Å². The fourth-order valence-corrected chi connectivity index (χ4v) is 2.77. The van der Waals surface area contributed by atoms with Crippen molar-refractivity contribution in [3.63, 3.8) is 0 Å². The van der Waals surface area contributed by atoms with Crippen LogP contribution in [0.15, 0.2) is 10.7 Å². The third kappa shape index (κ3) is 4.82. The van der Waals surface area contributed by atoms with Crippen LogP contribution in [0, 0.1) is 0 Å². The summed E-state index contributed by atoms with van der Waals surface area (Å²) in [6.45, 7) is 2.53. The number of carbonyl (C=O) groups is 2. The van der Waals surface area contributed by atoms with E-state index in [1.807, 2.05) is 4.90 Å². The van der Waals surface area contributed by atoms with Gasteiger partial charge < -0.3 is 14.6 Å². The molecule has 2 fully saturated rings. The van der Waals surface area contributed by atoms with Crippen LogP contribution < -0.4 is 5.32 Å². The van der Waals surface area contributed by atoms with Gasteiger partial charge in [0.25, 0.3) is 5.91 Å². The van der Waals surface area contributed by atoms with Crippen LogP contribution in [-0.4, -0.2) is 33.8 Å². The minimum absolute atomic E-state index is 0.177. The quantitative estimate of drug-likeness (QED) is 0.668. The lowest BCUT2D eigenvalue weighted by molar-refractivity contribution is -0.132. The number of amides is 2. The molecule has 0 aliphatic heterocycles. The lowest BCUT2D eigenvalue weighted by Crippen LogP contribution is -2.32. The summed E-state index contributed by atoms with van der Waals surface area (Å²) >= 11 is 0. The van der Waals surface area contributed by atoms with Crippen molar-refractivity contribution in [2.45, 2.75) is 83.3 Å². The van der Waals surface area contributed by atoms with E-state index in [-0.39, 0.29) is 11.8 Å². The molecule has 1 aromatic heterocycles. The fraction of sp³-hybridized carbons (Fsp3) is 0.722. The number of carbonyl (C=O) groups excluding carboxylic acids is 2. The van der Waals surface area contributed by atoms with Crippen LogP contribution in [0.1, 0.15) is 81.1 Å². The van der Waals surface area contributed by atoms with Crippen LogP contribution in [0.3, 0.4) is 0 Å². The Labute approximate surface area is 143 Å². The van der Waals surface area contributed by atoms with E-state index < -0.39 is 0 Å². The zero-order valence-corrected chi connectivity index (χ0v) is 14.4. The van der Waals surface area contributed by atoms with Gasteiger partial charge in [0.2, 0.25) is 11.8 Å². The van der Waals surface area contributed by atoms with Crippen molar-refractivity contribution in [2.24, 2.45) is 0 Å². The molecule has 0 bridgehead atoms. The summed E-state index contributed by atoms with van der Waals surface area (Å²) in [6, 6.07) is 0.615. The summed E-state index contributed by atoms with van der Waals surface area (Å²) in [5.74, 6) is 0.442. The van der Waals surface area contributed by atoms with Crippen LogP contribution in [0.5, 0.6) is 0 Å². The average Bonchev–Trinajstić information content (AvgIpc) is 3.50. The minimum atomic E-state index is -0.184. The maximum absolute atomic E-state index is 12.5. The average molecular weight is 333 g/mol. The van der Waals surface area contributed by atoms with Gasteiger partial charge in [0, 0.05) is 18.5 Å². The Hall–Kier alpha value is -1.85. The van der Waals surface area contributed by atoms with Crippen molar-refractivity contribution < 1.29 is 14.0 Å². The van der Waals surface area contributed by atoms with Gasteiger partial charge in [-0.15, -0.1) is 0 Å². The monoisotopic (exact) mass is 333 g/mol. The number of unbranched alkanes of at least 4 members (excludes halogenated alkanes) is 3. The van der Waals surface area contributed by atoms with Crippen molar-refractivity contribution in [3.8, 4) is 0 Å². The van der Waals surface area contributed by atoms with Crippen LogP contribution in [0.2, 0.25) is 0 Å². The lowest BCUT2D eigenvalue weighted by Gasteiger charge is -2.20. The molecule has 6 nitrogen and oxygen atoms in total. The van der Waals surface area contributed by atoms with Gasteiger partial charge in [-0.25, -0.2) is 4.98 Å². The largest absolute Gasteiger partial charge is 0.446 e. The van der Waals surface area contributed by atoms with E-state index in [4.69, 9.17) is 4.42 Å². The molecule has 1 N–H and O–H groups in total. The van der Waals surface area contributed by atoms with Crippen molar-refractivity contribution >= 4 is 11.8 Å². The third-order valence-corrected chi connectivity index (χ3v) is 4.55. The van der Waals surface area contributed by atoms with Gasteiger partial charge in [-0.2, -0.15) is 0 Å². The number of aromatic nitrogens is 1. The number of hydrogen-bond donors (Lipinski definition) is 1. The number of hydrogen-bond acceptors (Lipinski definition) is 4. The van der Waals surface area contributed by atoms with Gasteiger partial charge in [0.15, 0.2) is 5.69 Å². The Morgan fingerprint density at radius 1 is 1.25 bits per heavy atom. The van der Waals surface area contributed by atoms with Gasteiger partial charge in [0.1, 0.15) is 6.26 Å². The highest BCUT2D eigenvalue weighted by Crippen LogP contribution is 2.29. The molecule has 0 aromatic carbocycles. The predicted molar refractivity (Wildman–Crippen MR) is 89.3 cm³/mol. The van der Waals surface area contributed by atoms with Gasteiger partial charge in [-0.1, -0.05) is 26.2 Å². The Morgan fingerprint density at radius 2 is 2.04 bits per heavy atom. The van der Waals surface area contributed by atoms with Crippen molar-refractivity contribution in [1.82, 2.24) is 15.2 Å². The summed E-state index contributed by atoms with van der Waals surface area (Å²) in [7, 11) is 0. The van der Waals surface area contributed by atoms with E-state index >= 15 is 0 Å². The Kier molecular flexibility index (Phi) is 5.53. The van der Waals surface area contributed by atoms with Crippen LogP contribution in [0.4, 0.5) is 0 Å². The molecule has 2 saturated carbocycles. The van der Waals surface area contributed by atoms with Crippen LogP contribution in [0.25, 0.3) is 0 Å². The van der Waals surface area contributed by atoms with E-state index in [0.717, 1.165) is 38.5 Å². The predicted octanol–water partition coefficient (Wildman–Crippen LogP) is 3.03. The Morgan fingerprint density at radius 3 is 2.71 bits per heavy atom. The van der Waals surface area contributed by atoms with E-state index in [1.54, 1.807) is 0 Å². The molecule has 0 unspecified atom stereocenters. The molecule has 0 atom stereocenters. The van der Waals surface area contributed by atoms with Crippen LogP contribution >= 0.6 is 0 Å². The topological polar surface area (TPSA) is 75.4 Å². The highest BCUT2D eigenvalue weighted by molar-refractivity contribution is 5.92. The van der Waals surface area contributed by atoms with Gasteiger partial charge in [-0.3, -0.25) is 9.59 Å². The van der Waals surface area contributed by atoms with Crippen molar-refractivity contribution in [2.75, 3.05) is 0 Å². The molecule has 1 heterocycles. The zero-order chi connectivity index (χ0) is 16.9. The fourth-order valence-electron chi connectivity index (χ4n) is 2.77. The molecule has 1 aromatic rings. The Bertz CT molecular complexity index is 576. The van der Waals surface area contributed by atoms with E-state index in [9.17, 15) is 9.59 Å². The molecule has 132 valence electrons. The molecule has 2 amide bonds. The summed E-state index contributed by atoms with van der Waals surface area (Å²) < 4.78 is 5.42. The normalized spacial score (nSPS) is 16.9.